The third-order valence-corrected chi connectivity index (χ3v) is 4.17. The number of anilines is 1. The highest BCUT2D eigenvalue weighted by Gasteiger charge is 2.13. The fourth-order valence-electron chi connectivity index (χ4n) is 2.61. The van der Waals surface area contributed by atoms with E-state index in [-0.39, 0.29) is 44.0 Å². The van der Waals surface area contributed by atoms with Gasteiger partial charge in [-0.25, -0.2) is 4.79 Å². The van der Waals surface area contributed by atoms with E-state index in [1.165, 1.54) is 0 Å². The van der Waals surface area contributed by atoms with Crippen LogP contribution in [-0.4, -0.2) is 36.9 Å². The molecule has 2 rings (SSSR count). The van der Waals surface area contributed by atoms with Crippen molar-refractivity contribution in [2.24, 2.45) is 5.73 Å². The Hall–Kier alpha value is -3.88. The molecule has 2 aromatic carbocycles. The summed E-state index contributed by atoms with van der Waals surface area (Å²) >= 11 is 0. The molecule has 0 aliphatic carbocycles. The van der Waals surface area contributed by atoms with Crippen molar-refractivity contribution in [2.75, 3.05) is 18.4 Å². The molecule has 0 saturated carbocycles. The minimum atomic E-state index is -0.553. The van der Waals surface area contributed by atoms with Crippen LogP contribution in [0.25, 0.3) is 0 Å². The molecule has 4 amide bonds. The van der Waals surface area contributed by atoms with E-state index in [1.54, 1.807) is 24.3 Å². The Bertz CT molecular complexity index is 902. The van der Waals surface area contributed by atoms with Crippen LogP contribution >= 0.6 is 0 Å². The Balaban J connectivity index is 1.70. The summed E-state index contributed by atoms with van der Waals surface area (Å²) in [5, 5.41) is 7.86. The summed E-state index contributed by atoms with van der Waals surface area (Å²) < 4.78 is 5.10. The zero-order chi connectivity index (χ0) is 22.5. The average molecular weight is 426 g/mol. The summed E-state index contributed by atoms with van der Waals surface area (Å²) in [4.78, 5) is 46.9. The van der Waals surface area contributed by atoms with Gasteiger partial charge in [-0.1, -0.05) is 42.5 Å². The van der Waals surface area contributed by atoms with Crippen molar-refractivity contribution in [3.8, 4) is 0 Å². The highest BCUT2D eigenvalue weighted by molar-refractivity contribution is 6.03. The maximum absolute atomic E-state index is 12.3. The lowest BCUT2D eigenvalue weighted by atomic mass is 10.1. The number of hydrogen-bond donors (Lipinski definition) is 4. The maximum Gasteiger partial charge on any atom is 0.407 e. The van der Waals surface area contributed by atoms with Gasteiger partial charge >= 0.3 is 6.09 Å². The van der Waals surface area contributed by atoms with Crippen LogP contribution in [0, 0.1) is 0 Å². The summed E-state index contributed by atoms with van der Waals surface area (Å²) in [6.07, 6.45) is 0.0268. The van der Waals surface area contributed by atoms with Gasteiger partial charge < -0.3 is 26.4 Å². The standard InChI is InChI=1S/C22H26N4O5/c23-19(27)12-14-24-21(29)17-9-4-5-10-18(17)26-20(28)11-6-13-25-22(30)31-15-16-7-2-1-3-8-16/h1-5,7-10H,6,11-15H2,(H2,23,27)(H,24,29)(H,25,30)(H,26,28). The van der Waals surface area contributed by atoms with Gasteiger partial charge in [0.2, 0.25) is 11.8 Å². The molecule has 0 unspecified atom stereocenters. The predicted octanol–water partition coefficient (Wildman–Crippen LogP) is 1.94. The normalized spacial score (nSPS) is 10.1. The zero-order valence-electron chi connectivity index (χ0n) is 17.1. The number of carbonyl (C=O) groups is 4. The monoisotopic (exact) mass is 426 g/mol. The molecule has 0 aliphatic rings. The molecule has 9 heteroatoms. The third-order valence-electron chi connectivity index (χ3n) is 4.17. The van der Waals surface area contributed by atoms with Crippen molar-refractivity contribution in [3.63, 3.8) is 0 Å². The van der Waals surface area contributed by atoms with Crippen LogP contribution in [0.5, 0.6) is 0 Å². The summed E-state index contributed by atoms with van der Waals surface area (Å²) in [7, 11) is 0. The van der Waals surface area contributed by atoms with E-state index >= 15 is 0 Å². The Labute approximate surface area is 180 Å². The van der Waals surface area contributed by atoms with Crippen molar-refractivity contribution in [1.29, 1.82) is 0 Å². The number of benzene rings is 2. The van der Waals surface area contributed by atoms with Crippen molar-refractivity contribution >= 4 is 29.5 Å². The number of nitrogens with one attached hydrogen (secondary N) is 3. The Morgan fingerprint density at radius 2 is 1.55 bits per heavy atom. The number of nitrogens with two attached hydrogens (primary N) is 1. The Morgan fingerprint density at radius 1 is 0.839 bits per heavy atom. The number of ether oxygens (including phenoxy) is 1. The van der Waals surface area contributed by atoms with E-state index in [0.717, 1.165) is 5.56 Å². The van der Waals surface area contributed by atoms with Gasteiger partial charge in [0.1, 0.15) is 6.61 Å². The fraction of sp³-hybridized carbons (Fsp3) is 0.273. The molecular weight excluding hydrogens is 400 g/mol. The first-order valence-corrected chi connectivity index (χ1v) is 9.85. The van der Waals surface area contributed by atoms with Gasteiger partial charge in [0.25, 0.3) is 5.91 Å². The van der Waals surface area contributed by atoms with E-state index in [2.05, 4.69) is 16.0 Å². The molecule has 164 valence electrons. The highest BCUT2D eigenvalue weighted by Crippen LogP contribution is 2.15. The van der Waals surface area contributed by atoms with E-state index in [0.29, 0.717) is 12.1 Å². The van der Waals surface area contributed by atoms with E-state index in [1.807, 2.05) is 30.3 Å². The van der Waals surface area contributed by atoms with Gasteiger partial charge in [0.15, 0.2) is 0 Å². The topological polar surface area (TPSA) is 140 Å². The molecule has 0 heterocycles. The highest BCUT2D eigenvalue weighted by atomic mass is 16.5. The summed E-state index contributed by atoms with van der Waals surface area (Å²) in [5.41, 5.74) is 6.58. The van der Waals surface area contributed by atoms with Gasteiger partial charge in [-0.3, -0.25) is 14.4 Å². The average Bonchev–Trinajstić information content (AvgIpc) is 2.76. The minimum Gasteiger partial charge on any atom is -0.445 e. The molecule has 0 atom stereocenters. The number of hydrogen-bond acceptors (Lipinski definition) is 5. The second-order valence-corrected chi connectivity index (χ2v) is 6.66. The number of rotatable bonds is 11. The van der Waals surface area contributed by atoms with Gasteiger partial charge in [-0.05, 0) is 24.1 Å². The van der Waals surface area contributed by atoms with Crippen molar-refractivity contribution in [3.05, 3.63) is 65.7 Å². The van der Waals surface area contributed by atoms with Crippen LogP contribution in [0.15, 0.2) is 54.6 Å². The first-order valence-electron chi connectivity index (χ1n) is 9.85. The predicted molar refractivity (Wildman–Crippen MR) is 115 cm³/mol. The first kappa shape index (κ1) is 23.4. The number of alkyl carbamates (subject to hydrolysis) is 1. The molecule has 0 spiro atoms. The summed E-state index contributed by atoms with van der Waals surface area (Å²) in [6.45, 7) is 0.560. The molecule has 0 saturated heterocycles. The molecule has 0 fully saturated rings. The molecule has 5 N–H and O–H groups in total. The smallest absolute Gasteiger partial charge is 0.407 e. The molecule has 2 aromatic rings. The van der Waals surface area contributed by atoms with Crippen LogP contribution in [0.1, 0.15) is 35.2 Å². The molecule has 0 radical (unpaired) electrons. The molecular formula is C22H26N4O5. The first-order chi connectivity index (χ1) is 15.0. The van der Waals surface area contributed by atoms with Gasteiger partial charge in [-0.15, -0.1) is 0 Å². The Morgan fingerprint density at radius 3 is 2.29 bits per heavy atom. The number of amides is 4. The second-order valence-electron chi connectivity index (χ2n) is 6.66. The molecule has 0 bridgehead atoms. The number of carbonyl (C=O) groups excluding carboxylic acids is 4. The third kappa shape index (κ3) is 8.99. The van der Waals surface area contributed by atoms with Crippen LogP contribution < -0.4 is 21.7 Å². The van der Waals surface area contributed by atoms with Crippen molar-refractivity contribution in [2.45, 2.75) is 25.9 Å². The quantitative estimate of drug-likeness (QED) is 0.407. The molecule has 0 aliphatic heterocycles. The minimum absolute atomic E-state index is 0.0288. The SMILES string of the molecule is NC(=O)CCNC(=O)c1ccccc1NC(=O)CCCNC(=O)OCc1ccccc1. The van der Waals surface area contributed by atoms with Crippen molar-refractivity contribution < 1.29 is 23.9 Å². The Kier molecular flexibility index (Phi) is 9.54. The molecule has 0 aromatic heterocycles. The number of primary amides is 1. The van der Waals surface area contributed by atoms with E-state index in [9.17, 15) is 19.2 Å². The summed E-state index contributed by atoms with van der Waals surface area (Å²) in [5.74, 6) is -1.23. The number of para-hydroxylation sites is 1. The van der Waals surface area contributed by atoms with Crippen molar-refractivity contribution in [1.82, 2.24) is 10.6 Å². The fourth-order valence-corrected chi connectivity index (χ4v) is 2.61. The zero-order valence-corrected chi connectivity index (χ0v) is 17.1. The van der Waals surface area contributed by atoms with Gasteiger partial charge in [-0.2, -0.15) is 0 Å². The van der Waals surface area contributed by atoms with Crippen LogP contribution in [-0.2, 0) is 20.9 Å². The lowest BCUT2D eigenvalue weighted by Crippen LogP contribution is -2.29. The van der Waals surface area contributed by atoms with Gasteiger partial charge in [0.05, 0.1) is 11.3 Å². The second kappa shape index (κ2) is 12.6. The molecule has 31 heavy (non-hydrogen) atoms. The lowest BCUT2D eigenvalue weighted by molar-refractivity contribution is -0.118. The largest absolute Gasteiger partial charge is 0.445 e. The summed E-state index contributed by atoms with van der Waals surface area (Å²) in [6, 6.07) is 15.9. The van der Waals surface area contributed by atoms with Gasteiger partial charge in [0, 0.05) is 25.9 Å². The van der Waals surface area contributed by atoms with Crippen LogP contribution in [0.4, 0.5) is 10.5 Å². The van der Waals surface area contributed by atoms with E-state index < -0.39 is 17.9 Å². The maximum atomic E-state index is 12.3. The molecule has 9 nitrogen and oxygen atoms in total. The van der Waals surface area contributed by atoms with Crippen LogP contribution in [0.3, 0.4) is 0 Å². The van der Waals surface area contributed by atoms with E-state index in [4.69, 9.17) is 10.5 Å². The van der Waals surface area contributed by atoms with Crippen LogP contribution in [0.2, 0.25) is 0 Å². The lowest BCUT2D eigenvalue weighted by Gasteiger charge is -2.11.